The highest BCUT2D eigenvalue weighted by Gasteiger charge is 2.26. The SMILES string of the molecule is Cc1ccc(C(=O)C2CC=CN2CC/C=C/c2cccc(O[C@@H](C)C(=O)O)c2)cc1. The molecule has 2 aromatic carbocycles. The standard InChI is InChI=1S/C25H27NO4/c1-18-11-13-21(14-12-18)24(27)23-10-6-16-26(23)15-4-3-7-20-8-5-9-22(17-20)30-19(2)25(28)29/h3,5-9,11-14,16-17,19,23H,4,10,15H2,1-2H3,(H,28,29)/b7-3+/t19-,23?/m0/s1. The van der Waals surface area contributed by atoms with Crippen molar-refractivity contribution in [1.82, 2.24) is 4.90 Å². The van der Waals surface area contributed by atoms with Crippen LogP contribution in [0.25, 0.3) is 6.08 Å². The molecule has 0 bridgehead atoms. The van der Waals surface area contributed by atoms with E-state index in [4.69, 9.17) is 9.84 Å². The molecular formula is C25H27NO4. The van der Waals surface area contributed by atoms with Crippen LogP contribution in [-0.4, -0.2) is 40.4 Å². The Balaban J connectivity index is 1.54. The van der Waals surface area contributed by atoms with E-state index in [1.807, 2.05) is 67.7 Å². The van der Waals surface area contributed by atoms with E-state index in [0.717, 1.165) is 36.1 Å². The molecule has 5 heteroatoms. The first-order valence-corrected chi connectivity index (χ1v) is 10.1. The smallest absolute Gasteiger partial charge is 0.344 e. The summed E-state index contributed by atoms with van der Waals surface area (Å²) in [5.74, 6) is -0.316. The van der Waals surface area contributed by atoms with Crippen molar-refractivity contribution >= 4 is 17.8 Å². The van der Waals surface area contributed by atoms with Gasteiger partial charge in [-0.3, -0.25) is 4.79 Å². The van der Waals surface area contributed by atoms with Crippen molar-refractivity contribution < 1.29 is 19.4 Å². The Hall–Kier alpha value is -3.34. The number of rotatable bonds is 9. The minimum Gasteiger partial charge on any atom is -0.479 e. The Morgan fingerprint density at radius 1 is 1.23 bits per heavy atom. The number of ketones is 1. The average Bonchev–Trinajstić information content (AvgIpc) is 3.20. The summed E-state index contributed by atoms with van der Waals surface area (Å²) in [6.45, 7) is 4.27. The van der Waals surface area contributed by atoms with Crippen LogP contribution in [-0.2, 0) is 4.79 Å². The lowest BCUT2D eigenvalue weighted by Crippen LogP contribution is -2.34. The van der Waals surface area contributed by atoms with Gasteiger partial charge >= 0.3 is 5.97 Å². The van der Waals surface area contributed by atoms with E-state index >= 15 is 0 Å². The molecule has 0 aromatic heterocycles. The van der Waals surface area contributed by atoms with Crippen molar-refractivity contribution in [3.05, 3.63) is 83.6 Å². The van der Waals surface area contributed by atoms with Gasteiger partial charge in [0, 0.05) is 12.1 Å². The van der Waals surface area contributed by atoms with Gasteiger partial charge in [-0.25, -0.2) is 4.79 Å². The van der Waals surface area contributed by atoms with E-state index in [1.54, 1.807) is 6.07 Å². The Labute approximate surface area is 177 Å². The molecule has 0 spiro atoms. The lowest BCUT2D eigenvalue weighted by Gasteiger charge is -2.24. The summed E-state index contributed by atoms with van der Waals surface area (Å²) in [4.78, 5) is 25.9. The molecule has 0 fully saturated rings. The predicted molar refractivity (Wildman–Crippen MR) is 118 cm³/mol. The Morgan fingerprint density at radius 3 is 2.73 bits per heavy atom. The highest BCUT2D eigenvalue weighted by Crippen LogP contribution is 2.21. The molecule has 1 aliphatic rings. The van der Waals surface area contributed by atoms with Crippen LogP contribution in [0.4, 0.5) is 0 Å². The fourth-order valence-electron chi connectivity index (χ4n) is 3.35. The average molecular weight is 405 g/mol. The molecule has 1 aliphatic heterocycles. The quantitative estimate of drug-likeness (QED) is 0.612. The van der Waals surface area contributed by atoms with E-state index in [-0.39, 0.29) is 11.8 Å². The molecule has 1 heterocycles. The maximum atomic E-state index is 12.8. The van der Waals surface area contributed by atoms with Crippen molar-refractivity contribution in [3.63, 3.8) is 0 Å². The predicted octanol–water partition coefficient (Wildman–Crippen LogP) is 4.72. The number of hydrogen-bond donors (Lipinski definition) is 1. The van der Waals surface area contributed by atoms with Crippen LogP contribution in [0.5, 0.6) is 5.75 Å². The largest absolute Gasteiger partial charge is 0.479 e. The number of ether oxygens (including phenoxy) is 1. The first kappa shape index (κ1) is 21.4. The van der Waals surface area contributed by atoms with Crippen LogP contribution in [0.2, 0.25) is 0 Å². The van der Waals surface area contributed by atoms with Gasteiger partial charge in [0.15, 0.2) is 11.9 Å². The monoisotopic (exact) mass is 405 g/mol. The number of Topliss-reactive ketones (excluding diaryl/α,β-unsaturated/α-hetero) is 1. The van der Waals surface area contributed by atoms with Gasteiger partial charge < -0.3 is 14.7 Å². The second-order valence-electron chi connectivity index (χ2n) is 7.47. The van der Waals surface area contributed by atoms with Crippen molar-refractivity contribution in [1.29, 1.82) is 0 Å². The molecule has 0 saturated carbocycles. The molecule has 0 aliphatic carbocycles. The van der Waals surface area contributed by atoms with Gasteiger partial charge in [0.25, 0.3) is 0 Å². The van der Waals surface area contributed by atoms with Crippen molar-refractivity contribution in [3.8, 4) is 5.75 Å². The molecule has 5 nitrogen and oxygen atoms in total. The number of hydrogen-bond acceptors (Lipinski definition) is 4. The summed E-state index contributed by atoms with van der Waals surface area (Å²) in [5.41, 5.74) is 2.83. The highest BCUT2D eigenvalue weighted by molar-refractivity contribution is 6.00. The molecule has 30 heavy (non-hydrogen) atoms. The zero-order valence-electron chi connectivity index (χ0n) is 17.3. The van der Waals surface area contributed by atoms with Gasteiger partial charge in [0.1, 0.15) is 5.75 Å². The van der Waals surface area contributed by atoms with E-state index < -0.39 is 12.1 Å². The van der Waals surface area contributed by atoms with Crippen LogP contribution in [0.3, 0.4) is 0 Å². The first-order valence-electron chi connectivity index (χ1n) is 10.1. The molecular weight excluding hydrogens is 378 g/mol. The lowest BCUT2D eigenvalue weighted by atomic mass is 10.0. The topological polar surface area (TPSA) is 66.8 Å². The first-order chi connectivity index (χ1) is 14.4. The van der Waals surface area contributed by atoms with Gasteiger partial charge in [-0.1, -0.05) is 60.2 Å². The van der Waals surface area contributed by atoms with Crippen molar-refractivity contribution in [2.24, 2.45) is 0 Å². The molecule has 2 aromatic rings. The Bertz CT molecular complexity index is 946. The molecule has 2 atom stereocenters. The van der Waals surface area contributed by atoms with Gasteiger partial charge in [-0.2, -0.15) is 0 Å². The summed E-state index contributed by atoms with van der Waals surface area (Å²) in [5, 5.41) is 8.96. The van der Waals surface area contributed by atoms with E-state index in [0.29, 0.717) is 5.75 Å². The van der Waals surface area contributed by atoms with E-state index in [1.165, 1.54) is 6.92 Å². The van der Waals surface area contributed by atoms with Crippen molar-refractivity contribution in [2.45, 2.75) is 38.8 Å². The molecule has 0 amide bonds. The molecule has 3 rings (SSSR count). The molecule has 0 radical (unpaired) electrons. The maximum absolute atomic E-state index is 12.8. The number of carboxylic acid groups (broad SMARTS) is 1. The second-order valence-corrected chi connectivity index (χ2v) is 7.47. The number of carboxylic acids is 1. The van der Waals surface area contributed by atoms with Gasteiger partial charge in [0.2, 0.25) is 0 Å². The minimum absolute atomic E-state index is 0.143. The highest BCUT2D eigenvalue weighted by atomic mass is 16.5. The summed E-state index contributed by atoms with van der Waals surface area (Å²) in [6, 6.07) is 14.9. The van der Waals surface area contributed by atoms with Crippen LogP contribution >= 0.6 is 0 Å². The number of carbonyl (C=O) groups is 2. The zero-order valence-corrected chi connectivity index (χ0v) is 17.3. The second kappa shape index (κ2) is 9.92. The summed E-state index contributed by atoms with van der Waals surface area (Å²) in [7, 11) is 0. The number of aliphatic carboxylic acids is 1. The van der Waals surface area contributed by atoms with Gasteiger partial charge in [-0.05, 0) is 50.6 Å². The van der Waals surface area contributed by atoms with Crippen LogP contribution in [0.15, 0.2) is 66.9 Å². The zero-order chi connectivity index (χ0) is 21.5. The summed E-state index contributed by atoms with van der Waals surface area (Å²) < 4.78 is 5.41. The van der Waals surface area contributed by atoms with Gasteiger partial charge in [-0.15, -0.1) is 0 Å². The third kappa shape index (κ3) is 5.60. The minimum atomic E-state index is -0.996. The van der Waals surface area contributed by atoms with Crippen molar-refractivity contribution in [2.75, 3.05) is 6.54 Å². The fraction of sp³-hybridized carbons (Fsp3) is 0.280. The Kier molecular flexibility index (Phi) is 7.07. The normalized spacial score (nSPS) is 16.7. The third-order valence-corrected chi connectivity index (χ3v) is 5.08. The van der Waals surface area contributed by atoms with Gasteiger partial charge in [0.05, 0.1) is 6.04 Å². The van der Waals surface area contributed by atoms with Crippen LogP contribution in [0.1, 0.15) is 41.3 Å². The van der Waals surface area contributed by atoms with Crippen LogP contribution < -0.4 is 4.74 Å². The Morgan fingerprint density at radius 2 is 2.00 bits per heavy atom. The molecule has 0 saturated heterocycles. The van der Waals surface area contributed by atoms with E-state index in [2.05, 4.69) is 11.0 Å². The molecule has 1 N–H and O–H groups in total. The number of benzene rings is 2. The number of nitrogens with zero attached hydrogens (tertiary/aromatic N) is 1. The van der Waals surface area contributed by atoms with Crippen LogP contribution in [0, 0.1) is 6.92 Å². The third-order valence-electron chi connectivity index (χ3n) is 5.08. The van der Waals surface area contributed by atoms with E-state index in [9.17, 15) is 9.59 Å². The lowest BCUT2D eigenvalue weighted by molar-refractivity contribution is -0.144. The fourth-order valence-corrected chi connectivity index (χ4v) is 3.35. The molecule has 1 unspecified atom stereocenters. The number of aryl methyl sites for hydroxylation is 1. The maximum Gasteiger partial charge on any atom is 0.344 e. The molecule has 156 valence electrons. The summed E-state index contributed by atoms with van der Waals surface area (Å²) >= 11 is 0. The summed E-state index contributed by atoms with van der Waals surface area (Å²) in [6.07, 6.45) is 8.72. The number of carbonyl (C=O) groups excluding carboxylic acids is 1.